The highest BCUT2D eigenvalue weighted by Gasteiger charge is 2.41. The molecule has 1 aliphatic carbocycles. The highest BCUT2D eigenvalue weighted by atomic mass is 16.5. The normalized spacial score (nSPS) is 17.1. The Labute approximate surface area is 129 Å². The molecule has 0 atom stereocenters. The van der Waals surface area contributed by atoms with E-state index in [2.05, 4.69) is 17.1 Å². The van der Waals surface area contributed by atoms with Crippen LogP contribution < -0.4 is 0 Å². The topological polar surface area (TPSA) is 35.3 Å². The van der Waals surface area contributed by atoms with Gasteiger partial charge < -0.3 is 9.15 Å². The van der Waals surface area contributed by atoms with Crippen molar-refractivity contribution < 1.29 is 9.15 Å². The predicted octanol–water partition coefficient (Wildman–Crippen LogP) is 4.81. The smallest absolute Gasteiger partial charge is 0.227 e. The van der Waals surface area contributed by atoms with Gasteiger partial charge in [-0.25, -0.2) is 4.98 Å². The Morgan fingerprint density at radius 2 is 1.68 bits per heavy atom. The summed E-state index contributed by atoms with van der Waals surface area (Å²) < 4.78 is 12.3. The van der Waals surface area contributed by atoms with Gasteiger partial charge in [0.25, 0.3) is 0 Å². The first kappa shape index (κ1) is 13.5. The van der Waals surface area contributed by atoms with E-state index in [1.807, 2.05) is 42.5 Å². The minimum absolute atomic E-state index is 0.366. The number of nitrogens with zero attached hydrogens (tertiary/aromatic N) is 1. The molecule has 3 nitrogen and oxygen atoms in total. The van der Waals surface area contributed by atoms with Crippen LogP contribution >= 0.6 is 0 Å². The molecule has 0 spiro atoms. The maximum absolute atomic E-state index is 6.34. The van der Waals surface area contributed by atoms with Crippen molar-refractivity contribution in [3.05, 3.63) is 66.1 Å². The van der Waals surface area contributed by atoms with E-state index in [0.717, 1.165) is 42.7 Å². The van der Waals surface area contributed by atoms with E-state index < -0.39 is 0 Å². The molecule has 0 bridgehead atoms. The van der Waals surface area contributed by atoms with Crippen LogP contribution in [-0.2, 0) is 16.9 Å². The molecule has 1 saturated carbocycles. The monoisotopic (exact) mass is 293 g/mol. The quantitative estimate of drug-likeness (QED) is 0.692. The zero-order valence-electron chi connectivity index (χ0n) is 12.5. The van der Waals surface area contributed by atoms with Gasteiger partial charge in [0.05, 0.1) is 6.61 Å². The van der Waals surface area contributed by atoms with Crippen LogP contribution in [0.2, 0.25) is 0 Å². The zero-order valence-corrected chi connectivity index (χ0v) is 12.5. The number of para-hydroxylation sites is 2. The molecule has 4 rings (SSSR count). The number of benzene rings is 2. The van der Waals surface area contributed by atoms with Gasteiger partial charge in [0.2, 0.25) is 5.89 Å². The van der Waals surface area contributed by atoms with E-state index in [1.165, 1.54) is 5.56 Å². The number of ether oxygens (including phenoxy) is 1. The molecule has 0 aliphatic heterocycles. The van der Waals surface area contributed by atoms with Gasteiger partial charge in [-0.15, -0.1) is 0 Å². The van der Waals surface area contributed by atoms with Crippen molar-refractivity contribution in [1.82, 2.24) is 4.98 Å². The Bertz CT molecular complexity index is 724. The fraction of sp³-hybridized carbons (Fsp3) is 0.316. The Balaban J connectivity index is 1.64. The van der Waals surface area contributed by atoms with Crippen LogP contribution in [0.15, 0.2) is 59.0 Å². The molecule has 1 aliphatic rings. The minimum Gasteiger partial charge on any atom is -0.438 e. The average Bonchev–Trinajstić information content (AvgIpc) is 3.21. The van der Waals surface area contributed by atoms with E-state index in [4.69, 9.17) is 9.15 Å². The molecule has 3 aromatic rings. The lowest BCUT2D eigenvalue weighted by Crippen LogP contribution is -2.26. The first-order chi connectivity index (χ1) is 10.9. The van der Waals surface area contributed by atoms with Crippen LogP contribution in [0.25, 0.3) is 11.1 Å². The highest BCUT2D eigenvalue weighted by molar-refractivity contribution is 5.72. The molecular weight excluding hydrogens is 274 g/mol. The molecule has 0 radical (unpaired) electrons. The van der Waals surface area contributed by atoms with E-state index in [-0.39, 0.29) is 5.60 Å². The van der Waals surface area contributed by atoms with Gasteiger partial charge in [0.15, 0.2) is 5.58 Å². The molecule has 1 heterocycles. The largest absolute Gasteiger partial charge is 0.438 e. The molecule has 22 heavy (non-hydrogen) atoms. The van der Waals surface area contributed by atoms with Crippen molar-refractivity contribution >= 4 is 11.1 Å². The van der Waals surface area contributed by atoms with Crippen molar-refractivity contribution in [2.75, 3.05) is 0 Å². The average molecular weight is 293 g/mol. The molecular formula is C19H19NO2. The maximum atomic E-state index is 6.34. The first-order valence-corrected chi connectivity index (χ1v) is 7.90. The highest BCUT2D eigenvalue weighted by Crippen LogP contribution is 2.43. The van der Waals surface area contributed by atoms with Crippen LogP contribution in [0.3, 0.4) is 0 Å². The molecule has 0 amide bonds. The summed E-state index contributed by atoms with van der Waals surface area (Å²) in [5.41, 5.74) is 2.57. The van der Waals surface area contributed by atoms with Gasteiger partial charge in [-0.1, -0.05) is 42.5 Å². The summed E-state index contributed by atoms with van der Waals surface area (Å²) in [4.78, 5) is 4.69. The Hall–Kier alpha value is -2.13. The second-order valence-electron chi connectivity index (χ2n) is 5.96. The van der Waals surface area contributed by atoms with E-state index in [0.29, 0.717) is 6.61 Å². The molecule has 0 N–H and O–H groups in total. The molecule has 112 valence electrons. The molecule has 0 saturated heterocycles. The standard InChI is InChI=1S/C19H19NO2/c1-2-8-15(9-3-1)14-21-19(12-6-7-13-19)18-20-16-10-4-5-11-17(16)22-18/h1-5,8-11H,6-7,12-14H2. The summed E-state index contributed by atoms with van der Waals surface area (Å²) in [5.74, 6) is 0.738. The number of aromatic nitrogens is 1. The van der Waals surface area contributed by atoms with Crippen LogP contribution in [0, 0.1) is 0 Å². The lowest BCUT2D eigenvalue weighted by atomic mass is 10.0. The fourth-order valence-corrected chi connectivity index (χ4v) is 3.23. The molecule has 2 aromatic carbocycles. The van der Waals surface area contributed by atoms with Crippen molar-refractivity contribution in [2.45, 2.75) is 37.9 Å². The second kappa shape index (κ2) is 5.58. The fourth-order valence-electron chi connectivity index (χ4n) is 3.23. The second-order valence-corrected chi connectivity index (χ2v) is 5.96. The molecule has 1 fully saturated rings. The van der Waals surface area contributed by atoms with E-state index in [9.17, 15) is 0 Å². The minimum atomic E-state index is -0.366. The van der Waals surface area contributed by atoms with Crippen LogP contribution in [0.1, 0.15) is 37.1 Å². The van der Waals surface area contributed by atoms with Gasteiger partial charge in [-0.3, -0.25) is 0 Å². The van der Waals surface area contributed by atoms with Gasteiger partial charge in [-0.05, 0) is 43.4 Å². The predicted molar refractivity (Wildman–Crippen MR) is 85.4 cm³/mol. The number of oxazole rings is 1. The number of fused-ring (bicyclic) bond motifs is 1. The third kappa shape index (κ3) is 2.42. The lowest BCUT2D eigenvalue weighted by molar-refractivity contribution is -0.0740. The van der Waals surface area contributed by atoms with Gasteiger partial charge in [0.1, 0.15) is 11.1 Å². The number of hydrogen-bond donors (Lipinski definition) is 0. The Morgan fingerprint density at radius 1 is 0.955 bits per heavy atom. The third-order valence-corrected chi connectivity index (χ3v) is 4.45. The van der Waals surface area contributed by atoms with Crippen molar-refractivity contribution in [1.29, 1.82) is 0 Å². The lowest BCUT2D eigenvalue weighted by Gasteiger charge is -2.25. The molecule has 1 aromatic heterocycles. The number of rotatable bonds is 4. The Morgan fingerprint density at radius 3 is 2.45 bits per heavy atom. The summed E-state index contributed by atoms with van der Waals surface area (Å²) in [7, 11) is 0. The molecule has 0 unspecified atom stereocenters. The first-order valence-electron chi connectivity index (χ1n) is 7.90. The van der Waals surface area contributed by atoms with Gasteiger partial charge >= 0.3 is 0 Å². The summed E-state index contributed by atoms with van der Waals surface area (Å²) in [6.45, 7) is 0.597. The van der Waals surface area contributed by atoms with E-state index in [1.54, 1.807) is 0 Å². The zero-order chi connectivity index (χ0) is 14.8. The third-order valence-electron chi connectivity index (χ3n) is 4.45. The van der Waals surface area contributed by atoms with Gasteiger partial charge in [0, 0.05) is 0 Å². The van der Waals surface area contributed by atoms with Crippen molar-refractivity contribution in [3.63, 3.8) is 0 Å². The SMILES string of the molecule is c1ccc(COC2(c3nc4ccccc4o3)CCCC2)cc1. The van der Waals surface area contributed by atoms with Crippen LogP contribution in [0.4, 0.5) is 0 Å². The summed E-state index contributed by atoms with van der Waals surface area (Å²) >= 11 is 0. The summed E-state index contributed by atoms with van der Waals surface area (Å²) in [6, 6.07) is 18.2. The summed E-state index contributed by atoms with van der Waals surface area (Å²) in [5, 5.41) is 0. The van der Waals surface area contributed by atoms with Crippen LogP contribution in [0.5, 0.6) is 0 Å². The number of hydrogen-bond acceptors (Lipinski definition) is 3. The molecule has 3 heteroatoms. The Kier molecular flexibility index (Phi) is 3.43. The van der Waals surface area contributed by atoms with Gasteiger partial charge in [-0.2, -0.15) is 0 Å². The van der Waals surface area contributed by atoms with E-state index >= 15 is 0 Å². The maximum Gasteiger partial charge on any atom is 0.227 e. The van der Waals surface area contributed by atoms with Crippen molar-refractivity contribution in [2.24, 2.45) is 0 Å². The van der Waals surface area contributed by atoms with Crippen LogP contribution in [-0.4, -0.2) is 4.98 Å². The summed E-state index contributed by atoms with van der Waals surface area (Å²) in [6.07, 6.45) is 4.28. The van der Waals surface area contributed by atoms with Crippen molar-refractivity contribution in [3.8, 4) is 0 Å².